The summed E-state index contributed by atoms with van der Waals surface area (Å²) >= 11 is 0. The molecule has 5 nitrogen and oxygen atoms in total. The van der Waals surface area contributed by atoms with E-state index in [0.29, 0.717) is 12.2 Å². The van der Waals surface area contributed by atoms with Gasteiger partial charge in [0.25, 0.3) is 0 Å². The standard InChI is InChI=1S/C18H23N3O2/c19-14-16-4-1-2-6-17(16)20-8-10-21(11-9-20)18(22)15-5-3-12-23-13-7-15/h1-2,4,6,15H,3,5,7-13H2. The van der Waals surface area contributed by atoms with E-state index < -0.39 is 0 Å². The molecule has 1 amide bonds. The zero-order chi connectivity index (χ0) is 16.1. The summed E-state index contributed by atoms with van der Waals surface area (Å²) in [5.74, 6) is 0.402. The summed E-state index contributed by atoms with van der Waals surface area (Å²) in [5.41, 5.74) is 1.68. The Labute approximate surface area is 137 Å². The zero-order valence-electron chi connectivity index (χ0n) is 13.4. The molecular weight excluding hydrogens is 290 g/mol. The summed E-state index contributed by atoms with van der Waals surface area (Å²) in [5, 5.41) is 9.23. The average Bonchev–Trinajstić information content (AvgIpc) is 2.90. The van der Waals surface area contributed by atoms with Gasteiger partial charge >= 0.3 is 0 Å². The first-order valence-electron chi connectivity index (χ1n) is 8.40. The number of rotatable bonds is 2. The van der Waals surface area contributed by atoms with Crippen LogP contribution in [0.25, 0.3) is 0 Å². The quantitative estimate of drug-likeness (QED) is 0.838. The Morgan fingerprint density at radius 1 is 1.13 bits per heavy atom. The van der Waals surface area contributed by atoms with Crippen LogP contribution < -0.4 is 4.90 Å². The number of hydrogen-bond acceptors (Lipinski definition) is 4. The van der Waals surface area contributed by atoms with Crippen LogP contribution in [0.4, 0.5) is 5.69 Å². The minimum absolute atomic E-state index is 0.121. The Bertz CT molecular complexity index is 580. The lowest BCUT2D eigenvalue weighted by molar-refractivity contribution is -0.136. The first-order valence-corrected chi connectivity index (χ1v) is 8.40. The molecule has 5 heteroatoms. The van der Waals surface area contributed by atoms with Gasteiger partial charge in [0.15, 0.2) is 0 Å². The van der Waals surface area contributed by atoms with Gasteiger partial charge in [-0.25, -0.2) is 0 Å². The third-order valence-electron chi connectivity index (χ3n) is 4.76. The lowest BCUT2D eigenvalue weighted by Crippen LogP contribution is -2.50. The van der Waals surface area contributed by atoms with Gasteiger partial charge in [0.2, 0.25) is 5.91 Å². The van der Waals surface area contributed by atoms with Crippen molar-refractivity contribution in [1.82, 2.24) is 4.90 Å². The number of carbonyl (C=O) groups excluding carboxylic acids is 1. The second kappa shape index (κ2) is 7.47. The van der Waals surface area contributed by atoms with Crippen LogP contribution >= 0.6 is 0 Å². The maximum atomic E-state index is 12.7. The molecule has 2 aliphatic heterocycles. The second-order valence-electron chi connectivity index (χ2n) is 6.18. The monoisotopic (exact) mass is 313 g/mol. The summed E-state index contributed by atoms with van der Waals surface area (Å²) < 4.78 is 5.45. The van der Waals surface area contributed by atoms with Crippen molar-refractivity contribution in [3.8, 4) is 6.07 Å². The van der Waals surface area contributed by atoms with Crippen LogP contribution in [0, 0.1) is 17.2 Å². The van der Waals surface area contributed by atoms with E-state index in [9.17, 15) is 10.1 Å². The molecule has 122 valence electrons. The Morgan fingerprint density at radius 3 is 2.70 bits per heavy atom. The topological polar surface area (TPSA) is 56.6 Å². The van der Waals surface area contributed by atoms with Crippen LogP contribution in [0.15, 0.2) is 24.3 Å². The number of anilines is 1. The number of carbonyl (C=O) groups is 1. The van der Waals surface area contributed by atoms with Crippen molar-refractivity contribution in [2.24, 2.45) is 5.92 Å². The molecule has 2 fully saturated rings. The van der Waals surface area contributed by atoms with Crippen molar-refractivity contribution in [1.29, 1.82) is 5.26 Å². The highest BCUT2D eigenvalue weighted by atomic mass is 16.5. The predicted molar refractivity (Wildman–Crippen MR) is 88.1 cm³/mol. The van der Waals surface area contributed by atoms with Crippen molar-refractivity contribution in [3.63, 3.8) is 0 Å². The van der Waals surface area contributed by atoms with Crippen molar-refractivity contribution >= 4 is 11.6 Å². The fraction of sp³-hybridized carbons (Fsp3) is 0.556. The van der Waals surface area contributed by atoms with Crippen LogP contribution in [0.1, 0.15) is 24.8 Å². The number of amides is 1. The molecule has 1 aromatic carbocycles. The van der Waals surface area contributed by atoms with E-state index in [1.165, 1.54) is 0 Å². The number of piperazine rings is 1. The lowest BCUT2D eigenvalue weighted by Gasteiger charge is -2.37. The highest BCUT2D eigenvalue weighted by molar-refractivity contribution is 5.79. The lowest BCUT2D eigenvalue weighted by atomic mass is 9.98. The number of hydrogen-bond donors (Lipinski definition) is 0. The van der Waals surface area contributed by atoms with Gasteiger partial charge in [-0.05, 0) is 31.4 Å². The van der Waals surface area contributed by atoms with Crippen LogP contribution in [-0.2, 0) is 9.53 Å². The molecule has 2 aliphatic rings. The molecule has 2 saturated heterocycles. The molecule has 0 spiro atoms. The van der Waals surface area contributed by atoms with E-state index >= 15 is 0 Å². The van der Waals surface area contributed by atoms with Crippen LogP contribution in [0.2, 0.25) is 0 Å². The summed E-state index contributed by atoms with van der Waals surface area (Å²) in [6, 6.07) is 9.92. The molecule has 1 atom stereocenters. The molecule has 0 N–H and O–H groups in total. The average molecular weight is 313 g/mol. The summed E-state index contributed by atoms with van der Waals surface area (Å²) in [6.07, 6.45) is 2.76. The molecule has 0 radical (unpaired) electrons. The Morgan fingerprint density at radius 2 is 1.91 bits per heavy atom. The number of benzene rings is 1. The van der Waals surface area contributed by atoms with E-state index in [1.54, 1.807) is 0 Å². The van der Waals surface area contributed by atoms with Gasteiger partial charge in [-0.1, -0.05) is 12.1 Å². The number of ether oxygens (including phenoxy) is 1. The smallest absolute Gasteiger partial charge is 0.225 e. The van der Waals surface area contributed by atoms with Crippen molar-refractivity contribution in [3.05, 3.63) is 29.8 Å². The van der Waals surface area contributed by atoms with Gasteiger partial charge in [0.05, 0.1) is 11.3 Å². The van der Waals surface area contributed by atoms with Crippen molar-refractivity contribution < 1.29 is 9.53 Å². The minimum Gasteiger partial charge on any atom is -0.381 e. The van der Waals surface area contributed by atoms with Gasteiger partial charge < -0.3 is 14.5 Å². The van der Waals surface area contributed by atoms with Crippen molar-refractivity contribution in [2.75, 3.05) is 44.3 Å². The van der Waals surface area contributed by atoms with Gasteiger partial charge in [0.1, 0.15) is 6.07 Å². The van der Waals surface area contributed by atoms with Crippen molar-refractivity contribution in [2.45, 2.75) is 19.3 Å². The SMILES string of the molecule is N#Cc1ccccc1N1CCN(C(=O)C2CCCOCC2)CC1. The Balaban J connectivity index is 1.60. The fourth-order valence-corrected chi connectivity index (χ4v) is 3.42. The number of nitrogens with zero attached hydrogens (tertiary/aromatic N) is 3. The molecule has 3 rings (SSSR count). The van der Waals surface area contributed by atoms with E-state index in [0.717, 1.165) is 57.7 Å². The Hall–Kier alpha value is -2.06. The molecule has 23 heavy (non-hydrogen) atoms. The molecule has 1 unspecified atom stereocenters. The molecule has 2 heterocycles. The largest absolute Gasteiger partial charge is 0.381 e. The summed E-state index contributed by atoms with van der Waals surface area (Å²) in [7, 11) is 0. The van der Waals surface area contributed by atoms with E-state index in [1.807, 2.05) is 29.2 Å². The first kappa shape index (κ1) is 15.8. The molecular formula is C18H23N3O2. The Kier molecular flexibility index (Phi) is 5.14. The molecule has 0 aliphatic carbocycles. The van der Waals surface area contributed by atoms with Gasteiger partial charge in [-0.3, -0.25) is 4.79 Å². The predicted octanol–water partition coefficient (Wildman–Crippen LogP) is 2.02. The van der Waals surface area contributed by atoms with Crippen LogP contribution in [0.5, 0.6) is 0 Å². The molecule has 0 bridgehead atoms. The minimum atomic E-state index is 0.121. The zero-order valence-corrected chi connectivity index (χ0v) is 13.4. The third kappa shape index (κ3) is 3.65. The molecule has 0 aromatic heterocycles. The summed E-state index contributed by atoms with van der Waals surface area (Å²) in [4.78, 5) is 16.9. The highest BCUT2D eigenvalue weighted by Gasteiger charge is 2.28. The van der Waals surface area contributed by atoms with Gasteiger partial charge in [-0.2, -0.15) is 5.26 Å². The van der Waals surface area contributed by atoms with Gasteiger partial charge in [-0.15, -0.1) is 0 Å². The van der Waals surface area contributed by atoms with Crippen LogP contribution in [0.3, 0.4) is 0 Å². The van der Waals surface area contributed by atoms with E-state index in [4.69, 9.17) is 4.74 Å². The second-order valence-corrected chi connectivity index (χ2v) is 6.18. The normalized spacial score (nSPS) is 22.3. The highest BCUT2D eigenvalue weighted by Crippen LogP contribution is 2.23. The first-order chi connectivity index (χ1) is 11.3. The maximum Gasteiger partial charge on any atom is 0.225 e. The van der Waals surface area contributed by atoms with Crippen LogP contribution in [-0.4, -0.2) is 50.2 Å². The van der Waals surface area contributed by atoms with E-state index in [-0.39, 0.29) is 11.8 Å². The maximum absolute atomic E-state index is 12.7. The molecule has 0 saturated carbocycles. The molecule has 1 aromatic rings. The van der Waals surface area contributed by atoms with E-state index in [2.05, 4.69) is 11.0 Å². The number of para-hydroxylation sites is 1. The van der Waals surface area contributed by atoms with Gasteiger partial charge in [0, 0.05) is 45.3 Å². The summed E-state index contributed by atoms with van der Waals surface area (Å²) in [6.45, 7) is 4.52. The third-order valence-corrected chi connectivity index (χ3v) is 4.76. The number of nitriles is 1. The fourth-order valence-electron chi connectivity index (χ4n) is 3.42.